The molecule has 0 radical (unpaired) electrons. The SMILES string of the molecule is COc1ccc(-c2cc(-c3cccnc3)n(CCNC(=O)[C@@H]3CCCO3)n2)cc1. The van der Waals surface area contributed by atoms with E-state index in [-0.39, 0.29) is 12.0 Å². The van der Waals surface area contributed by atoms with Gasteiger partial charge in [-0.1, -0.05) is 0 Å². The average Bonchev–Trinajstić information content (AvgIpc) is 3.45. The molecule has 4 rings (SSSR count). The second kappa shape index (κ2) is 8.87. The first kappa shape index (κ1) is 19.1. The Hall–Kier alpha value is -3.19. The zero-order valence-corrected chi connectivity index (χ0v) is 16.4. The van der Waals surface area contributed by atoms with Crippen LogP contribution in [0.2, 0.25) is 0 Å². The Kier molecular flexibility index (Phi) is 5.86. The van der Waals surface area contributed by atoms with Crippen LogP contribution in [0.5, 0.6) is 5.75 Å². The Morgan fingerprint density at radius 2 is 2.14 bits per heavy atom. The average molecular weight is 392 g/mol. The number of nitrogens with one attached hydrogen (secondary N) is 1. The summed E-state index contributed by atoms with van der Waals surface area (Å²) in [6, 6.07) is 13.7. The highest BCUT2D eigenvalue weighted by atomic mass is 16.5. The van der Waals surface area contributed by atoms with Crippen molar-refractivity contribution >= 4 is 5.91 Å². The monoisotopic (exact) mass is 392 g/mol. The number of pyridine rings is 1. The molecule has 150 valence electrons. The number of hydrogen-bond acceptors (Lipinski definition) is 5. The van der Waals surface area contributed by atoms with E-state index < -0.39 is 0 Å². The van der Waals surface area contributed by atoms with Gasteiger partial charge in [0.1, 0.15) is 11.9 Å². The second-order valence-corrected chi connectivity index (χ2v) is 6.90. The van der Waals surface area contributed by atoms with Crippen LogP contribution in [0.15, 0.2) is 54.9 Å². The molecule has 1 amide bonds. The Labute approximate surface area is 169 Å². The first-order valence-corrected chi connectivity index (χ1v) is 9.76. The van der Waals surface area contributed by atoms with Crippen LogP contribution in [-0.4, -0.2) is 47.0 Å². The molecule has 2 aromatic heterocycles. The molecule has 3 aromatic rings. The molecule has 0 aliphatic carbocycles. The van der Waals surface area contributed by atoms with Crippen molar-refractivity contribution in [2.75, 3.05) is 20.3 Å². The van der Waals surface area contributed by atoms with E-state index in [0.29, 0.717) is 19.7 Å². The molecule has 1 saturated heterocycles. The van der Waals surface area contributed by atoms with Crippen LogP contribution in [-0.2, 0) is 16.1 Å². The van der Waals surface area contributed by atoms with Gasteiger partial charge in [-0.15, -0.1) is 0 Å². The summed E-state index contributed by atoms with van der Waals surface area (Å²) in [4.78, 5) is 16.4. The number of aromatic nitrogens is 3. The van der Waals surface area contributed by atoms with Crippen molar-refractivity contribution in [1.82, 2.24) is 20.1 Å². The highest BCUT2D eigenvalue weighted by Gasteiger charge is 2.23. The van der Waals surface area contributed by atoms with E-state index in [1.165, 1.54) is 0 Å². The standard InChI is InChI=1S/C22H24N4O3/c1-28-18-8-6-16(7-9-18)19-14-20(17-4-2-10-23-15-17)26(25-19)12-11-24-22(27)21-5-3-13-29-21/h2,4,6-10,14-15,21H,3,5,11-13H2,1H3,(H,24,27)/t21-/m0/s1. The number of rotatable bonds is 7. The van der Waals surface area contributed by atoms with Crippen LogP contribution >= 0.6 is 0 Å². The molecular weight excluding hydrogens is 368 g/mol. The Morgan fingerprint density at radius 1 is 1.28 bits per heavy atom. The van der Waals surface area contributed by atoms with E-state index >= 15 is 0 Å². The highest BCUT2D eigenvalue weighted by Crippen LogP contribution is 2.27. The van der Waals surface area contributed by atoms with Gasteiger partial charge in [-0.3, -0.25) is 14.5 Å². The summed E-state index contributed by atoms with van der Waals surface area (Å²) in [5.74, 6) is 0.755. The van der Waals surface area contributed by atoms with Crippen molar-refractivity contribution in [3.05, 3.63) is 54.9 Å². The summed E-state index contributed by atoms with van der Waals surface area (Å²) >= 11 is 0. The fourth-order valence-corrected chi connectivity index (χ4v) is 3.42. The van der Waals surface area contributed by atoms with Crippen molar-refractivity contribution in [2.24, 2.45) is 0 Å². The number of hydrogen-bond donors (Lipinski definition) is 1. The molecule has 0 saturated carbocycles. The van der Waals surface area contributed by atoms with Crippen LogP contribution < -0.4 is 10.1 Å². The van der Waals surface area contributed by atoms with Crippen molar-refractivity contribution in [3.63, 3.8) is 0 Å². The molecule has 1 atom stereocenters. The molecular formula is C22H24N4O3. The molecule has 3 heterocycles. The summed E-state index contributed by atoms with van der Waals surface area (Å²) in [7, 11) is 1.65. The van der Waals surface area contributed by atoms with Crippen LogP contribution in [0.4, 0.5) is 0 Å². The lowest BCUT2D eigenvalue weighted by Crippen LogP contribution is -2.36. The molecule has 0 bridgehead atoms. The minimum absolute atomic E-state index is 0.0482. The van der Waals surface area contributed by atoms with Gasteiger partial charge in [-0.25, -0.2) is 0 Å². The van der Waals surface area contributed by atoms with Gasteiger partial charge in [0.25, 0.3) is 0 Å². The van der Waals surface area contributed by atoms with E-state index in [2.05, 4.69) is 10.3 Å². The smallest absolute Gasteiger partial charge is 0.249 e. The molecule has 1 N–H and O–H groups in total. The molecule has 7 nitrogen and oxygen atoms in total. The van der Waals surface area contributed by atoms with E-state index in [9.17, 15) is 4.79 Å². The van der Waals surface area contributed by atoms with E-state index in [1.54, 1.807) is 13.3 Å². The van der Waals surface area contributed by atoms with Crippen LogP contribution in [0, 0.1) is 0 Å². The second-order valence-electron chi connectivity index (χ2n) is 6.90. The number of carbonyl (C=O) groups is 1. The normalized spacial score (nSPS) is 16.0. The topological polar surface area (TPSA) is 78.3 Å². The Morgan fingerprint density at radius 3 is 2.83 bits per heavy atom. The minimum atomic E-state index is -0.319. The number of amides is 1. The third kappa shape index (κ3) is 4.46. The number of methoxy groups -OCH3 is 1. The van der Waals surface area contributed by atoms with E-state index in [0.717, 1.165) is 41.1 Å². The highest BCUT2D eigenvalue weighted by molar-refractivity contribution is 5.80. The molecule has 1 fully saturated rings. The summed E-state index contributed by atoms with van der Waals surface area (Å²) < 4.78 is 12.6. The molecule has 0 spiro atoms. The van der Waals surface area contributed by atoms with Gasteiger partial charge in [-0.05, 0) is 55.3 Å². The fourth-order valence-electron chi connectivity index (χ4n) is 3.42. The Balaban J connectivity index is 1.54. The summed E-state index contributed by atoms with van der Waals surface area (Å²) in [5, 5.41) is 7.73. The minimum Gasteiger partial charge on any atom is -0.497 e. The maximum absolute atomic E-state index is 12.2. The van der Waals surface area contributed by atoms with Crippen LogP contribution in [0.3, 0.4) is 0 Å². The Bertz CT molecular complexity index is 948. The lowest BCUT2D eigenvalue weighted by atomic mass is 10.1. The van der Waals surface area contributed by atoms with E-state index in [1.807, 2.05) is 53.3 Å². The molecule has 1 aliphatic rings. The van der Waals surface area contributed by atoms with Crippen molar-refractivity contribution in [1.29, 1.82) is 0 Å². The van der Waals surface area contributed by atoms with Gasteiger partial charge in [0.2, 0.25) is 5.91 Å². The van der Waals surface area contributed by atoms with Gasteiger partial charge in [0, 0.05) is 36.7 Å². The first-order valence-electron chi connectivity index (χ1n) is 9.76. The van der Waals surface area contributed by atoms with Gasteiger partial charge in [0.05, 0.1) is 25.0 Å². The predicted octanol–water partition coefficient (Wildman–Crippen LogP) is 2.92. The van der Waals surface area contributed by atoms with Gasteiger partial charge in [0.15, 0.2) is 0 Å². The maximum atomic E-state index is 12.2. The largest absolute Gasteiger partial charge is 0.497 e. The van der Waals surface area contributed by atoms with Crippen molar-refractivity contribution in [3.8, 4) is 28.3 Å². The lowest BCUT2D eigenvalue weighted by Gasteiger charge is -2.11. The van der Waals surface area contributed by atoms with Gasteiger partial charge < -0.3 is 14.8 Å². The summed E-state index contributed by atoms with van der Waals surface area (Å²) in [5.41, 5.74) is 3.79. The zero-order valence-electron chi connectivity index (χ0n) is 16.4. The first-order chi connectivity index (χ1) is 14.2. The molecule has 0 unspecified atom stereocenters. The van der Waals surface area contributed by atoms with Crippen LogP contribution in [0.25, 0.3) is 22.5 Å². The van der Waals surface area contributed by atoms with Gasteiger partial charge in [-0.2, -0.15) is 5.10 Å². The molecule has 1 aliphatic heterocycles. The van der Waals surface area contributed by atoms with Gasteiger partial charge >= 0.3 is 0 Å². The van der Waals surface area contributed by atoms with E-state index in [4.69, 9.17) is 14.6 Å². The molecule has 7 heteroatoms. The number of nitrogens with zero attached hydrogens (tertiary/aromatic N) is 3. The van der Waals surface area contributed by atoms with Crippen LogP contribution in [0.1, 0.15) is 12.8 Å². The summed E-state index contributed by atoms with van der Waals surface area (Å²) in [6.45, 7) is 1.70. The third-order valence-electron chi connectivity index (χ3n) is 4.97. The van der Waals surface area contributed by atoms with Crippen molar-refractivity contribution < 1.29 is 14.3 Å². The quantitative estimate of drug-likeness (QED) is 0.669. The maximum Gasteiger partial charge on any atom is 0.249 e. The summed E-state index contributed by atoms with van der Waals surface area (Å²) in [6.07, 6.45) is 4.97. The number of benzene rings is 1. The lowest BCUT2D eigenvalue weighted by molar-refractivity contribution is -0.130. The third-order valence-corrected chi connectivity index (χ3v) is 4.97. The van der Waals surface area contributed by atoms with Crippen molar-refractivity contribution in [2.45, 2.75) is 25.5 Å². The molecule has 29 heavy (non-hydrogen) atoms. The number of carbonyl (C=O) groups excluding carboxylic acids is 1. The number of ether oxygens (including phenoxy) is 2. The molecule has 1 aromatic carbocycles. The zero-order chi connectivity index (χ0) is 20.1. The fraction of sp³-hybridized carbons (Fsp3) is 0.318. The predicted molar refractivity (Wildman–Crippen MR) is 109 cm³/mol.